The second-order valence-electron chi connectivity index (χ2n) is 6.53. The molecule has 2 aromatic carbocycles. The number of nitrogens with zero attached hydrogens (tertiary/aromatic N) is 3. The van der Waals surface area contributed by atoms with Gasteiger partial charge in [-0.25, -0.2) is 0 Å². The molecule has 0 aliphatic carbocycles. The molecule has 0 aliphatic rings. The predicted molar refractivity (Wildman–Crippen MR) is 120 cm³/mol. The summed E-state index contributed by atoms with van der Waals surface area (Å²) in [5.41, 5.74) is 1.14. The average Bonchev–Trinajstić information content (AvgIpc) is 2.96. The predicted octanol–water partition coefficient (Wildman–Crippen LogP) is 6.75. The van der Waals surface area contributed by atoms with E-state index < -0.39 is 5.91 Å². The van der Waals surface area contributed by atoms with Crippen molar-refractivity contribution >= 4 is 54.4 Å². The van der Waals surface area contributed by atoms with Crippen molar-refractivity contribution in [1.82, 2.24) is 4.57 Å². The Kier molecular flexibility index (Phi) is 7.44. The van der Waals surface area contributed by atoms with E-state index in [0.29, 0.717) is 12.3 Å². The molecule has 3 rings (SSSR count). The summed E-state index contributed by atoms with van der Waals surface area (Å²) in [5.74, 6) is 0.0461. The molecule has 152 valence electrons. The molecule has 0 bridgehead atoms. The number of aryl methyl sites for hydroxylation is 1. The molecule has 1 amide bonds. The number of halogens is 2. The van der Waals surface area contributed by atoms with Crippen molar-refractivity contribution in [2.75, 3.05) is 6.61 Å². The number of unbranched alkanes of at least 4 members (excludes halogenated alkanes) is 2. The van der Waals surface area contributed by atoms with E-state index in [1.807, 2.05) is 34.9 Å². The highest BCUT2D eigenvalue weighted by Gasteiger charge is 2.17. The van der Waals surface area contributed by atoms with E-state index in [2.05, 4.69) is 49.0 Å². The molecule has 0 fully saturated rings. The monoisotopic (exact) mass is 521 g/mol. The zero-order valence-electron chi connectivity index (χ0n) is 15.9. The number of aromatic nitrogens is 1. The smallest absolute Gasteiger partial charge is 0.302 e. The number of carbonyl (C=O) groups excluding carboxylic acids is 1. The Bertz CT molecular complexity index is 1030. The third-order valence-electron chi connectivity index (χ3n) is 4.39. The number of fused-ring (bicyclic) bond motifs is 1. The minimum atomic E-state index is -0.533. The van der Waals surface area contributed by atoms with Crippen molar-refractivity contribution in [2.24, 2.45) is 10.2 Å². The van der Waals surface area contributed by atoms with Gasteiger partial charge in [-0.05, 0) is 48.9 Å². The first-order valence-electron chi connectivity index (χ1n) is 9.33. The van der Waals surface area contributed by atoms with Crippen molar-refractivity contribution in [3.63, 3.8) is 0 Å². The highest BCUT2D eigenvalue weighted by atomic mass is 79.9. The van der Waals surface area contributed by atoms with Crippen molar-refractivity contribution < 1.29 is 14.6 Å². The van der Waals surface area contributed by atoms with Crippen LogP contribution >= 0.6 is 31.9 Å². The molecule has 1 heterocycles. The summed E-state index contributed by atoms with van der Waals surface area (Å²) in [6, 6.07) is 12.8. The Morgan fingerprint density at radius 3 is 2.55 bits per heavy atom. The summed E-state index contributed by atoms with van der Waals surface area (Å²) in [7, 11) is 0. The highest BCUT2D eigenvalue weighted by Crippen LogP contribution is 2.40. The molecule has 0 unspecified atom stereocenters. The Morgan fingerprint density at radius 1 is 1.10 bits per heavy atom. The first-order chi connectivity index (χ1) is 14.0. The lowest BCUT2D eigenvalue weighted by Crippen LogP contribution is -2.07. The van der Waals surface area contributed by atoms with E-state index in [4.69, 9.17) is 4.74 Å². The zero-order chi connectivity index (χ0) is 20.8. The Hall–Kier alpha value is -2.19. The number of ether oxygens (including phenoxy) is 1. The number of aromatic hydroxyl groups is 1. The van der Waals surface area contributed by atoms with E-state index in [1.165, 1.54) is 0 Å². The number of azo groups is 1. The molecule has 0 aliphatic heterocycles. The van der Waals surface area contributed by atoms with Crippen molar-refractivity contribution in [3.05, 3.63) is 51.4 Å². The molecule has 8 heteroatoms. The van der Waals surface area contributed by atoms with Crippen molar-refractivity contribution in [1.29, 1.82) is 0 Å². The van der Waals surface area contributed by atoms with Crippen LogP contribution in [0.15, 0.2) is 61.6 Å². The largest absolute Gasteiger partial charge is 0.493 e. The van der Waals surface area contributed by atoms with Gasteiger partial charge in [-0.15, -0.1) is 10.2 Å². The molecule has 1 aromatic heterocycles. The number of rotatable bonds is 8. The second-order valence-corrected chi connectivity index (χ2v) is 8.36. The lowest BCUT2D eigenvalue weighted by molar-refractivity contribution is -0.120. The maximum absolute atomic E-state index is 12.1. The number of hydrogen-bond acceptors (Lipinski definition) is 4. The number of hydrogen-bond donors (Lipinski definition) is 1. The van der Waals surface area contributed by atoms with Crippen LogP contribution in [0.3, 0.4) is 0 Å². The topological polar surface area (TPSA) is 76.2 Å². The number of carbonyl (C=O) groups is 1. The van der Waals surface area contributed by atoms with Gasteiger partial charge >= 0.3 is 5.91 Å². The van der Waals surface area contributed by atoms with Crippen LogP contribution in [0.5, 0.6) is 11.6 Å². The van der Waals surface area contributed by atoms with Crippen LogP contribution < -0.4 is 4.74 Å². The first-order valence-corrected chi connectivity index (χ1v) is 10.9. The van der Waals surface area contributed by atoms with E-state index in [-0.39, 0.29) is 18.2 Å². The number of benzene rings is 2. The Labute approximate surface area is 185 Å². The van der Waals surface area contributed by atoms with Crippen LogP contribution in [0.1, 0.15) is 26.2 Å². The molecular formula is C21H21Br2N3O3. The van der Waals surface area contributed by atoms with Crippen LogP contribution in [0, 0.1) is 0 Å². The molecular weight excluding hydrogens is 502 g/mol. The third kappa shape index (κ3) is 5.45. The highest BCUT2D eigenvalue weighted by molar-refractivity contribution is 9.10. The molecule has 1 N–H and O–H groups in total. The van der Waals surface area contributed by atoms with Crippen LogP contribution in [-0.4, -0.2) is 22.2 Å². The standard InChI is InChI=1S/C21H21Br2N3O3/c1-2-3-4-11-26-18-10-7-15(23)12-17(18)20(21(26)28)25-24-19(27)13-29-16-8-5-14(22)6-9-16/h5-10,12,28H,2-4,11,13H2,1H3. The summed E-state index contributed by atoms with van der Waals surface area (Å²) >= 11 is 6.79. The molecule has 0 saturated carbocycles. The molecule has 3 aromatic rings. The normalized spacial score (nSPS) is 11.4. The molecule has 0 spiro atoms. The summed E-state index contributed by atoms with van der Waals surface area (Å²) in [6.45, 7) is 2.57. The van der Waals surface area contributed by atoms with Gasteiger partial charge in [-0.1, -0.05) is 51.6 Å². The zero-order valence-corrected chi connectivity index (χ0v) is 19.1. The summed E-state index contributed by atoms with van der Waals surface area (Å²) in [4.78, 5) is 12.1. The Morgan fingerprint density at radius 2 is 1.83 bits per heavy atom. The van der Waals surface area contributed by atoms with Gasteiger partial charge in [-0.2, -0.15) is 0 Å². The maximum atomic E-state index is 12.1. The molecule has 0 saturated heterocycles. The van der Waals surface area contributed by atoms with Gasteiger partial charge in [0.1, 0.15) is 5.75 Å². The van der Waals surface area contributed by atoms with E-state index in [1.54, 1.807) is 12.1 Å². The van der Waals surface area contributed by atoms with Gasteiger partial charge in [0.15, 0.2) is 12.3 Å². The minimum absolute atomic E-state index is 0.0135. The summed E-state index contributed by atoms with van der Waals surface area (Å²) in [6.07, 6.45) is 3.10. The van der Waals surface area contributed by atoms with Gasteiger partial charge in [0.05, 0.1) is 5.52 Å². The first kappa shape index (κ1) is 21.5. The van der Waals surface area contributed by atoms with Crippen LogP contribution in [0.25, 0.3) is 10.9 Å². The molecule has 0 radical (unpaired) electrons. The lowest BCUT2D eigenvalue weighted by atomic mass is 10.2. The fraction of sp³-hybridized carbons (Fsp3) is 0.286. The van der Waals surface area contributed by atoms with Crippen molar-refractivity contribution in [2.45, 2.75) is 32.7 Å². The molecule has 0 atom stereocenters. The van der Waals surface area contributed by atoms with E-state index in [0.717, 1.165) is 39.1 Å². The van der Waals surface area contributed by atoms with Crippen LogP contribution in [0.4, 0.5) is 5.69 Å². The average molecular weight is 523 g/mol. The van der Waals surface area contributed by atoms with E-state index in [9.17, 15) is 9.90 Å². The fourth-order valence-electron chi connectivity index (χ4n) is 2.95. The van der Waals surface area contributed by atoms with Gasteiger partial charge in [0.25, 0.3) is 0 Å². The molecule has 6 nitrogen and oxygen atoms in total. The van der Waals surface area contributed by atoms with Crippen LogP contribution in [0.2, 0.25) is 0 Å². The second kappa shape index (κ2) is 10.0. The number of amides is 1. The fourth-order valence-corrected chi connectivity index (χ4v) is 3.58. The minimum Gasteiger partial charge on any atom is -0.493 e. The third-order valence-corrected chi connectivity index (χ3v) is 5.42. The quantitative estimate of drug-likeness (QED) is 0.262. The summed E-state index contributed by atoms with van der Waals surface area (Å²) in [5, 5.41) is 19.2. The summed E-state index contributed by atoms with van der Waals surface area (Å²) < 4.78 is 9.02. The van der Waals surface area contributed by atoms with E-state index >= 15 is 0 Å². The Balaban J connectivity index is 1.78. The van der Waals surface area contributed by atoms with Gasteiger partial charge in [0, 0.05) is 20.9 Å². The maximum Gasteiger partial charge on any atom is 0.302 e. The van der Waals surface area contributed by atoms with Crippen molar-refractivity contribution in [3.8, 4) is 11.6 Å². The van der Waals surface area contributed by atoms with Gasteiger partial charge in [-0.3, -0.25) is 4.79 Å². The van der Waals surface area contributed by atoms with Gasteiger partial charge in [0.2, 0.25) is 5.88 Å². The lowest BCUT2D eigenvalue weighted by Gasteiger charge is -2.06. The van der Waals surface area contributed by atoms with Crippen LogP contribution in [-0.2, 0) is 11.3 Å². The molecule has 29 heavy (non-hydrogen) atoms. The SMILES string of the molecule is CCCCCn1c(O)c(N=NC(=O)COc2ccc(Br)cc2)c2cc(Br)ccc21. The van der Waals surface area contributed by atoms with Gasteiger partial charge < -0.3 is 14.4 Å².